The highest BCUT2D eigenvalue weighted by Gasteiger charge is 2.30. The molecule has 2 saturated carbocycles. The van der Waals surface area contributed by atoms with Crippen LogP contribution in [0.3, 0.4) is 0 Å². The summed E-state index contributed by atoms with van der Waals surface area (Å²) in [5.41, 5.74) is 8.24. The van der Waals surface area contributed by atoms with Crippen LogP contribution >= 0.6 is 23.2 Å². The van der Waals surface area contributed by atoms with Crippen LogP contribution in [0.5, 0.6) is 0 Å². The van der Waals surface area contributed by atoms with Crippen LogP contribution in [0, 0.1) is 0 Å². The third-order valence-electron chi connectivity index (χ3n) is 8.48. The van der Waals surface area contributed by atoms with E-state index in [-0.39, 0.29) is 18.1 Å². The Morgan fingerprint density at radius 1 is 0.923 bits per heavy atom. The van der Waals surface area contributed by atoms with Crippen LogP contribution in [0.4, 0.5) is 11.8 Å². The Kier molecular flexibility index (Phi) is 7.82. The van der Waals surface area contributed by atoms with Gasteiger partial charge in [0.05, 0.1) is 16.4 Å². The summed E-state index contributed by atoms with van der Waals surface area (Å²) < 4.78 is 2.22. The van der Waals surface area contributed by atoms with Crippen LogP contribution in [0.25, 0.3) is 11.2 Å². The van der Waals surface area contributed by atoms with E-state index in [1.807, 2.05) is 11.2 Å². The normalized spacial score (nSPS) is 24.3. The molecule has 1 unspecified atom stereocenters. The molecule has 2 aliphatic carbocycles. The standard InChI is InChI=1S/C28H36Cl2N8O/c29-21-13-8-17(15-22(21)30)27(39)37-14-4-3-7-23(37)34-25-24-26(38(16-32-24)20-5-1-2-6-20)36-28(35-25)33-19-11-9-18(31)10-12-19/h8,13,15-16,18-20,23H,1-7,9-12,14,31H2,(H2,33,34,35,36). The third kappa shape index (κ3) is 5.67. The van der Waals surface area contributed by atoms with Gasteiger partial charge in [-0.25, -0.2) is 4.98 Å². The van der Waals surface area contributed by atoms with Gasteiger partial charge >= 0.3 is 0 Å². The van der Waals surface area contributed by atoms with Crippen LogP contribution in [0.2, 0.25) is 10.0 Å². The highest BCUT2D eigenvalue weighted by atomic mass is 35.5. The Morgan fingerprint density at radius 3 is 2.46 bits per heavy atom. The summed E-state index contributed by atoms with van der Waals surface area (Å²) in [4.78, 5) is 30.1. The van der Waals surface area contributed by atoms with Crippen molar-refractivity contribution in [2.75, 3.05) is 17.2 Å². The zero-order valence-corrected chi connectivity index (χ0v) is 23.6. The number of piperidine rings is 1. The summed E-state index contributed by atoms with van der Waals surface area (Å²) >= 11 is 12.3. The number of imidazole rings is 1. The molecule has 11 heteroatoms. The number of hydrogen-bond acceptors (Lipinski definition) is 7. The van der Waals surface area contributed by atoms with Crippen LogP contribution in [0.15, 0.2) is 24.5 Å². The average molecular weight is 572 g/mol. The number of nitrogens with one attached hydrogen (secondary N) is 2. The number of rotatable bonds is 6. The van der Waals surface area contributed by atoms with Crippen molar-refractivity contribution in [2.24, 2.45) is 5.73 Å². The summed E-state index contributed by atoms with van der Waals surface area (Å²) in [5, 5.41) is 7.99. The van der Waals surface area contributed by atoms with Crippen LogP contribution in [-0.2, 0) is 0 Å². The predicted octanol–water partition coefficient (Wildman–Crippen LogP) is 5.99. The molecule has 1 saturated heterocycles. The van der Waals surface area contributed by atoms with E-state index in [1.165, 1.54) is 12.8 Å². The number of amides is 1. The van der Waals surface area contributed by atoms with Gasteiger partial charge in [0.25, 0.3) is 5.91 Å². The fraction of sp³-hybridized carbons (Fsp3) is 0.571. The van der Waals surface area contributed by atoms with E-state index in [0.717, 1.165) is 69.0 Å². The molecule has 208 valence electrons. The van der Waals surface area contributed by atoms with Crippen molar-refractivity contribution in [3.8, 4) is 0 Å². The number of likely N-dealkylation sites (tertiary alicyclic amines) is 1. The molecule has 3 aromatic rings. The van der Waals surface area contributed by atoms with E-state index in [1.54, 1.807) is 18.2 Å². The van der Waals surface area contributed by atoms with Crippen molar-refractivity contribution in [2.45, 2.75) is 94.9 Å². The molecule has 3 aliphatic rings. The van der Waals surface area contributed by atoms with Crippen molar-refractivity contribution in [3.63, 3.8) is 0 Å². The van der Waals surface area contributed by atoms with Crippen molar-refractivity contribution in [1.82, 2.24) is 24.4 Å². The molecule has 0 bridgehead atoms. The summed E-state index contributed by atoms with van der Waals surface area (Å²) in [6, 6.07) is 6.01. The Hall–Kier alpha value is -2.62. The lowest BCUT2D eigenvalue weighted by Crippen LogP contribution is -2.48. The first-order valence-corrected chi connectivity index (χ1v) is 15.0. The Labute approximate surface area is 238 Å². The third-order valence-corrected chi connectivity index (χ3v) is 9.22. The lowest BCUT2D eigenvalue weighted by molar-refractivity contribution is 0.0645. The topological polar surface area (TPSA) is 114 Å². The van der Waals surface area contributed by atoms with Crippen molar-refractivity contribution >= 4 is 52.0 Å². The maximum absolute atomic E-state index is 13.6. The number of anilines is 2. The second-order valence-corrected chi connectivity index (χ2v) is 12.0. The molecule has 3 heterocycles. The SMILES string of the molecule is NC1CCC(Nc2nc(NC3CCCCN3C(=O)c3ccc(Cl)c(Cl)c3)c3ncn(C4CCCC4)c3n2)CC1. The summed E-state index contributed by atoms with van der Waals surface area (Å²) in [7, 11) is 0. The van der Waals surface area contributed by atoms with Gasteiger partial charge < -0.3 is 25.8 Å². The lowest BCUT2D eigenvalue weighted by Gasteiger charge is -2.36. The molecule has 1 atom stereocenters. The van der Waals surface area contributed by atoms with Gasteiger partial charge in [0, 0.05) is 30.2 Å². The molecule has 3 fully saturated rings. The van der Waals surface area contributed by atoms with Crippen LogP contribution in [0.1, 0.15) is 87.0 Å². The van der Waals surface area contributed by atoms with Gasteiger partial charge in [-0.05, 0) is 76.0 Å². The Bertz CT molecular complexity index is 1330. The number of fused-ring (bicyclic) bond motifs is 1. The summed E-state index contributed by atoms with van der Waals surface area (Å²) in [5.74, 6) is 1.18. The predicted molar refractivity (Wildman–Crippen MR) is 155 cm³/mol. The number of carbonyl (C=O) groups is 1. The first kappa shape index (κ1) is 26.6. The minimum Gasteiger partial charge on any atom is -0.351 e. The molecule has 4 N–H and O–H groups in total. The molecule has 1 aromatic carbocycles. The van der Waals surface area contributed by atoms with Gasteiger partial charge in [-0.15, -0.1) is 0 Å². The fourth-order valence-corrected chi connectivity index (χ4v) is 6.55. The maximum atomic E-state index is 13.6. The van der Waals surface area contributed by atoms with Gasteiger partial charge in [-0.1, -0.05) is 36.0 Å². The molecule has 6 rings (SSSR count). The number of benzene rings is 1. The monoisotopic (exact) mass is 570 g/mol. The van der Waals surface area contributed by atoms with Crippen LogP contribution < -0.4 is 16.4 Å². The van der Waals surface area contributed by atoms with Crippen LogP contribution in [-0.4, -0.2) is 55.1 Å². The van der Waals surface area contributed by atoms with E-state index in [9.17, 15) is 4.79 Å². The number of nitrogens with two attached hydrogens (primary N) is 1. The molecular weight excluding hydrogens is 535 g/mol. The number of aromatic nitrogens is 4. The molecule has 9 nitrogen and oxygen atoms in total. The van der Waals surface area contributed by atoms with Gasteiger partial charge in [-0.3, -0.25) is 4.79 Å². The van der Waals surface area contributed by atoms with E-state index >= 15 is 0 Å². The zero-order chi connectivity index (χ0) is 26.9. The number of nitrogens with zero attached hydrogens (tertiary/aromatic N) is 5. The molecule has 39 heavy (non-hydrogen) atoms. The Balaban J connectivity index is 1.31. The second kappa shape index (κ2) is 11.5. The average Bonchev–Trinajstić information content (AvgIpc) is 3.62. The summed E-state index contributed by atoms with van der Waals surface area (Å²) in [6.07, 6.45) is 13.2. The lowest BCUT2D eigenvalue weighted by atomic mass is 9.92. The maximum Gasteiger partial charge on any atom is 0.255 e. The minimum atomic E-state index is -0.226. The second-order valence-electron chi connectivity index (χ2n) is 11.2. The molecule has 2 aromatic heterocycles. The highest BCUT2D eigenvalue weighted by Crippen LogP contribution is 2.34. The van der Waals surface area contributed by atoms with E-state index in [2.05, 4.69) is 15.2 Å². The van der Waals surface area contributed by atoms with Gasteiger partial charge in [0.15, 0.2) is 17.0 Å². The zero-order valence-electron chi connectivity index (χ0n) is 22.1. The number of halogens is 2. The van der Waals surface area contributed by atoms with Crippen molar-refractivity contribution < 1.29 is 4.79 Å². The quantitative estimate of drug-likeness (QED) is 0.333. The Morgan fingerprint density at radius 2 is 1.69 bits per heavy atom. The minimum absolute atomic E-state index is 0.0792. The largest absolute Gasteiger partial charge is 0.351 e. The molecule has 1 amide bonds. The molecule has 1 aliphatic heterocycles. The van der Waals surface area contributed by atoms with E-state index in [4.69, 9.17) is 43.9 Å². The fourth-order valence-electron chi connectivity index (χ4n) is 6.25. The van der Waals surface area contributed by atoms with Gasteiger partial charge in [-0.2, -0.15) is 9.97 Å². The van der Waals surface area contributed by atoms with E-state index in [0.29, 0.717) is 46.0 Å². The molecular formula is C28H36Cl2N8O. The van der Waals surface area contributed by atoms with Crippen molar-refractivity contribution in [3.05, 3.63) is 40.1 Å². The van der Waals surface area contributed by atoms with Gasteiger partial charge in [0.1, 0.15) is 6.17 Å². The number of carbonyl (C=O) groups excluding carboxylic acids is 1. The molecule has 0 spiro atoms. The molecule has 0 radical (unpaired) electrons. The summed E-state index contributed by atoms with van der Waals surface area (Å²) in [6.45, 7) is 0.648. The smallest absolute Gasteiger partial charge is 0.255 e. The van der Waals surface area contributed by atoms with Gasteiger partial charge in [0.2, 0.25) is 5.95 Å². The first-order chi connectivity index (χ1) is 19.0. The van der Waals surface area contributed by atoms with E-state index < -0.39 is 0 Å². The van der Waals surface area contributed by atoms with Crippen molar-refractivity contribution in [1.29, 1.82) is 0 Å². The highest BCUT2D eigenvalue weighted by molar-refractivity contribution is 6.42. The first-order valence-electron chi connectivity index (χ1n) is 14.3. The number of hydrogen-bond donors (Lipinski definition) is 3.